The Labute approximate surface area is 207 Å². The van der Waals surface area contributed by atoms with Crippen molar-refractivity contribution in [2.75, 3.05) is 13.2 Å². The first-order valence-corrected chi connectivity index (χ1v) is 12.3. The third kappa shape index (κ3) is 6.02. The molecule has 3 rings (SSSR count). The highest BCUT2D eigenvalue weighted by Gasteiger charge is 2.35. The predicted molar refractivity (Wildman–Crippen MR) is 135 cm³/mol. The average Bonchev–Trinajstić information content (AvgIpc) is 3.18. The van der Waals surface area contributed by atoms with Crippen LogP contribution in [-0.2, 0) is 14.3 Å². The first-order valence-electron chi connectivity index (χ1n) is 12.3. The van der Waals surface area contributed by atoms with E-state index in [9.17, 15) is 19.5 Å². The van der Waals surface area contributed by atoms with Gasteiger partial charge >= 0.3 is 12.1 Å². The minimum atomic E-state index is -1.05. The lowest BCUT2D eigenvalue weighted by atomic mass is 9.85. The van der Waals surface area contributed by atoms with E-state index < -0.39 is 29.4 Å². The molecule has 3 N–H and O–H groups in total. The van der Waals surface area contributed by atoms with Crippen molar-refractivity contribution in [3.05, 3.63) is 59.7 Å². The molecule has 0 heterocycles. The lowest BCUT2D eigenvalue weighted by Crippen LogP contribution is -2.51. The van der Waals surface area contributed by atoms with Crippen LogP contribution in [0.15, 0.2) is 48.5 Å². The van der Waals surface area contributed by atoms with Gasteiger partial charge in [-0.1, -0.05) is 75.7 Å². The molecular weight excluding hydrogens is 444 g/mol. The van der Waals surface area contributed by atoms with Crippen molar-refractivity contribution in [3.8, 4) is 11.1 Å². The van der Waals surface area contributed by atoms with Gasteiger partial charge in [-0.15, -0.1) is 0 Å². The number of nitrogens with one attached hydrogen (secondary N) is 2. The third-order valence-electron chi connectivity index (χ3n) is 7.23. The predicted octanol–water partition coefficient (Wildman–Crippen LogP) is 4.95. The summed E-state index contributed by atoms with van der Waals surface area (Å²) in [5, 5.41) is 14.9. The van der Waals surface area contributed by atoms with E-state index in [4.69, 9.17) is 4.74 Å². The van der Waals surface area contributed by atoms with Crippen LogP contribution in [0.5, 0.6) is 0 Å². The summed E-state index contributed by atoms with van der Waals surface area (Å²) in [7, 11) is 0. The van der Waals surface area contributed by atoms with Gasteiger partial charge in [-0.3, -0.25) is 4.79 Å². The minimum Gasteiger partial charge on any atom is -0.480 e. The van der Waals surface area contributed by atoms with Gasteiger partial charge in [0.05, 0.1) is 5.41 Å². The number of carbonyl (C=O) groups is 3. The molecule has 7 nitrogen and oxygen atoms in total. The van der Waals surface area contributed by atoms with Crippen LogP contribution in [0.3, 0.4) is 0 Å². The highest BCUT2D eigenvalue weighted by atomic mass is 16.5. The van der Waals surface area contributed by atoms with Crippen LogP contribution >= 0.6 is 0 Å². The van der Waals surface area contributed by atoms with Crippen molar-refractivity contribution in [1.82, 2.24) is 10.6 Å². The Balaban J connectivity index is 1.59. The molecule has 3 atom stereocenters. The minimum absolute atomic E-state index is 0.0433. The molecule has 1 aliphatic rings. The highest BCUT2D eigenvalue weighted by Crippen LogP contribution is 2.44. The number of rotatable bonds is 11. The van der Waals surface area contributed by atoms with Crippen LogP contribution in [0.25, 0.3) is 11.1 Å². The van der Waals surface area contributed by atoms with Crippen molar-refractivity contribution in [2.45, 2.75) is 58.9 Å². The summed E-state index contributed by atoms with van der Waals surface area (Å²) in [5.41, 5.74) is 3.59. The van der Waals surface area contributed by atoms with Gasteiger partial charge in [-0.05, 0) is 47.9 Å². The van der Waals surface area contributed by atoms with Gasteiger partial charge in [0, 0.05) is 12.5 Å². The molecule has 0 aliphatic heterocycles. The molecule has 2 aromatic carbocycles. The number of benzene rings is 2. The molecule has 35 heavy (non-hydrogen) atoms. The van der Waals surface area contributed by atoms with Gasteiger partial charge in [0.1, 0.15) is 12.6 Å². The second-order valence-corrected chi connectivity index (χ2v) is 9.71. The number of carboxylic acids is 1. The summed E-state index contributed by atoms with van der Waals surface area (Å²) < 4.78 is 5.57. The number of amides is 2. The number of carboxylic acid groups (broad SMARTS) is 1. The number of fused-ring (bicyclic) bond motifs is 3. The highest BCUT2D eigenvalue weighted by molar-refractivity contribution is 5.87. The summed E-state index contributed by atoms with van der Waals surface area (Å²) in [6.07, 6.45) is 1.01. The molecule has 0 radical (unpaired) electrons. The van der Waals surface area contributed by atoms with Gasteiger partial charge in [-0.2, -0.15) is 0 Å². The van der Waals surface area contributed by atoms with Crippen LogP contribution < -0.4 is 10.6 Å². The molecule has 0 aromatic heterocycles. The summed E-state index contributed by atoms with van der Waals surface area (Å²) in [5.74, 6) is -1.33. The Morgan fingerprint density at radius 1 is 1.03 bits per heavy atom. The lowest BCUT2D eigenvalue weighted by Gasteiger charge is -2.29. The molecule has 1 aliphatic carbocycles. The van der Waals surface area contributed by atoms with Crippen molar-refractivity contribution in [1.29, 1.82) is 0 Å². The quantitative estimate of drug-likeness (QED) is 0.422. The summed E-state index contributed by atoms with van der Waals surface area (Å²) in [6.45, 7) is 7.73. The SMILES string of the molecule is CCC(C)CC(NC(=O)C(C)(CC)CNC(=O)OCC1c2ccccc2-c2ccccc21)C(=O)O. The van der Waals surface area contributed by atoms with Crippen LogP contribution in [0.2, 0.25) is 0 Å². The van der Waals surface area contributed by atoms with Gasteiger partial charge in [0.2, 0.25) is 5.91 Å². The molecular formula is C28H36N2O5. The topological polar surface area (TPSA) is 105 Å². The van der Waals surface area contributed by atoms with Crippen LogP contribution in [0, 0.1) is 11.3 Å². The fourth-order valence-electron chi connectivity index (χ4n) is 4.41. The zero-order valence-electron chi connectivity index (χ0n) is 21.0. The molecule has 3 unspecified atom stereocenters. The monoisotopic (exact) mass is 480 g/mol. The molecule has 2 amide bonds. The average molecular weight is 481 g/mol. The molecule has 188 valence electrons. The van der Waals surface area contributed by atoms with Crippen LogP contribution in [-0.4, -0.2) is 42.3 Å². The molecule has 0 spiro atoms. The van der Waals surface area contributed by atoms with E-state index >= 15 is 0 Å². The zero-order chi connectivity index (χ0) is 25.6. The normalized spacial score (nSPS) is 15.8. The Morgan fingerprint density at radius 3 is 2.11 bits per heavy atom. The van der Waals surface area contributed by atoms with E-state index in [0.29, 0.717) is 12.8 Å². The maximum Gasteiger partial charge on any atom is 0.407 e. The van der Waals surface area contributed by atoms with Gasteiger partial charge in [0.15, 0.2) is 0 Å². The Morgan fingerprint density at radius 2 is 1.60 bits per heavy atom. The Hall–Kier alpha value is -3.35. The fraction of sp³-hybridized carbons (Fsp3) is 0.464. The Bertz CT molecular complexity index is 1020. The van der Waals surface area contributed by atoms with Crippen LogP contribution in [0.4, 0.5) is 4.79 Å². The lowest BCUT2D eigenvalue weighted by molar-refractivity contribution is -0.144. The molecule has 2 aromatic rings. The summed E-state index contributed by atoms with van der Waals surface area (Å²) in [4.78, 5) is 37.2. The largest absolute Gasteiger partial charge is 0.480 e. The maximum atomic E-state index is 13.0. The smallest absolute Gasteiger partial charge is 0.407 e. The van der Waals surface area contributed by atoms with Crippen molar-refractivity contribution in [2.24, 2.45) is 11.3 Å². The van der Waals surface area contributed by atoms with E-state index in [1.807, 2.05) is 45.0 Å². The van der Waals surface area contributed by atoms with Crippen molar-refractivity contribution < 1.29 is 24.2 Å². The number of ether oxygens (including phenoxy) is 1. The van der Waals surface area contributed by atoms with Gasteiger partial charge < -0.3 is 20.5 Å². The van der Waals surface area contributed by atoms with Crippen molar-refractivity contribution in [3.63, 3.8) is 0 Å². The van der Waals surface area contributed by atoms with E-state index in [2.05, 4.69) is 34.9 Å². The van der Waals surface area contributed by atoms with Crippen LogP contribution in [0.1, 0.15) is 64.0 Å². The third-order valence-corrected chi connectivity index (χ3v) is 7.23. The zero-order valence-corrected chi connectivity index (χ0v) is 21.0. The number of aliphatic carboxylic acids is 1. The number of hydrogen-bond donors (Lipinski definition) is 3. The second-order valence-electron chi connectivity index (χ2n) is 9.71. The van der Waals surface area contributed by atoms with Gasteiger partial charge in [-0.25, -0.2) is 9.59 Å². The summed E-state index contributed by atoms with van der Waals surface area (Å²) in [6, 6.07) is 15.3. The van der Waals surface area contributed by atoms with E-state index in [-0.39, 0.29) is 25.0 Å². The first kappa shape index (κ1) is 26.3. The standard InChI is InChI=1S/C28H36N2O5/c1-5-18(3)15-24(25(31)32)30-26(33)28(4,6-2)17-29-27(34)35-16-23-21-13-9-7-11-19(21)20-12-8-10-14-22(20)23/h7-14,18,23-24H,5-6,15-17H2,1-4H3,(H,29,34)(H,30,33)(H,31,32). The van der Waals surface area contributed by atoms with Crippen molar-refractivity contribution >= 4 is 18.0 Å². The second kappa shape index (κ2) is 11.4. The molecule has 0 bridgehead atoms. The molecule has 0 saturated carbocycles. The van der Waals surface area contributed by atoms with E-state index in [1.165, 1.54) is 0 Å². The Kier molecular flexibility index (Phi) is 8.54. The first-order chi connectivity index (χ1) is 16.7. The number of carbonyl (C=O) groups excluding carboxylic acids is 2. The summed E-state index contributed by atoms with van der Waals surface area (Å²) >= 11 is 0. The number of hydrogen-bond acceptors (Lipinski definition) is 4. The molecule has 7 heteroatoms. The molecule has 0 fully saturated rings. The maximum absolute atomic E-state index is 13.0. The van der Waals surface area contributed by atoms with E-state index in [0.717, 1.165) is 28.7 Å². The number of alkyl carbamates (subject to hydrolysis) is 1. The molecule has 0 saturated heterocycles. The van der Waals surface area contributed by atoms with Gasteiger partial charge in [0.25, 0.3) is 0 Å². The fourth-order valence-corrected chi connectivity index (χ4v) is 4.41. The van der Waals surface area contributed by atoms with E-state index in [1.54, 1.807) is 6.92 Å².